The molecule has 0 N–H and O–H groups in total. The minimum Gasteiger partial charge on any atom is -0.384 e. The van der Waals surface area contributed by atoms with E-state index in [2.05, 4.69) is 18.9 Å². The zero-order chi connectivity index (χ0) is 12.8. The number of rotatable bonds is 7. The van der Waals surface area contributed by atoms with E-state index in [1.165, 1.54) is 0 Å². The molecule has 0 aliphatic heterocycles. The van der Waals surface area contributed by atoms with E-state index in [-0.39, 0.29) is 5.92 Å². The molecular weight excluding hydrogens is 216 g/mol. The fourth-order valence-corrected chi connectivity index (χ4v) is 1.76. The van der Waals surface area contributed by atoms with Crippen molar-refractivity contribution in [1.82, 2.24) is 9.78 Å². The second-order valence-electron chi connectivity index (χ2n) is 4.89. The maximum atomic E-state index is 11.0. The van der Waals surface area contributed by atoms with Gasteiger partial charge in [0.15, 0.2) is 6.29 Å². The molecule has 4 heteroatoms. The molecule has 0 fully saturated rings. The molecule has 0 amide bonds. The molecule has 0 radical (unpaired) electrons. The highest BCUT2D eigenvalue weighted by Gasteiger charge is 2.15. The zero-order valence-corrected chi connectivity index (χ0v) is 11.1. The molecule has 0 saturated carbocycles. The molecule has 0 aromatic carbocycles. The van der Waals surface area contributed by atoms with E-state index in [4.69, 9.17) is 4.74 Å². The van der Waals surface area contributed by atoms with Gasteiger partial charge in [-0.15, -0.1) is 0 Å². The van der Waals surface area contributed by atoms with Crippen molar-refractivity contribution >= 4 is 6.29 Å². The number of hydrogen-bond acceptors (Lipinski definition) is 3. The first kappa shape index (κ1) is 13.9. The molecule has 1 aromatic heterocycles. The van der Waals surface area contributed by atoms with Gasteiger partial charge < -0.3 is 4.74 Å². The minimum absolute atomic E-state index is 0.153. The lowest BCUT2D eigenvalue weighted by molar-refractivity contribution is 0.112. The molecule has 1 heterocycles. The average molecular weight is 238 g/mol. The number of hydrogen-bond donors (Lipinski definition) is 0. The number of aldehydes is 1. The Bertz CT molecular complexity index is 358. The van der Waals surface area contributed by atoms with E-state index >= 15 is 0 Å². The highest BCUT2D eigenvalue weighted by molar-refractivity contribution is 5.76. The highest BCUT2D eigenvalue weighted by Crippen LogP contribution is 2.17. The third-order valence-corrected chi connectivity index (χ3v) is 2.77. The van der Waals surface area contributed by atoms with Crippen LogP contribution in [0.2, 0.25) is 0 Å². The van der Waals surface area contributed by atoms with Gasteiger partial charge in [-0.05, 0) is 12.3 Å². The Morgan fingerprint density at radius 3 is 2.71 bits per heavy atom. The lowest BCUT2D eigenvalue weighted by atomic mass is 10.1. The first-order valence-electron chi connectivity index (χ1n) is 6.10. The number of aromatic nitrogens is 2. The molecular formula is C13H22N2O2. The summed E-state index contributed by atoms with van der Waals surface area (Å²) in [5.41, 5.74) is 1.52. The predicted molar refractivity (Wildman–Crippen MR) is 67.4 cm³/mol. The molecule has 0 spiro atoms. The molecule has 1 rings (SSSR count). The summed E-state index contributed by atoms with van der Waals surface area (Å²) in [6, 6.07) is 0. The number of methoxy groups -OCH3 is 1. The number of aryl methyl sites for hydroxylation is 1. The second-order valence-corrected chi connectivity index (χ2v) is 4.89. The van der Waals surface area contributed by atoms with Gasteiger partial charge in [0.25, 0.3) is 0 Å². The molecule has 4 nitrogen and oxygen atoms in total. The Hall–Kier alpha value is -1.16. The van der Waals surface area contributed by atoms with Crippen LogP contribution in [-0.4, -0.2) is 29.8 Å². The van der Waals surface area contributed by atoms with E-state index in [1.54, 1.807) is 7.11 Å². The molecule has 96 valence electrons. The van der Waals surface area contributed by atoms with Gasteiger partial charge in [0.2, 0.25) is 0 Å². The standard InChI is InChI=1S/C13H22N2O2/c1-10(2)5-6-15-7-12(8-16)13(14-15)11(3)9-17-4/h7-8,10-11H,5-6,9H2,1-4H3. The number of nitrogens with zero attached hydrogens (tertiary/aromatic N) is 2. The average Bonchev–Trinajstić information content (AvgIpc) is 2.70. The lowest BCUT2D eigenvalue weighted by Crippen LogP contribution is -2.07. The second kappa shape index (κ2) is 6.55. The molecule has 17 heavy (non-hydrogen) atoms. The van der Waals surface area contributed by atoms with Crippen LogP contribution in [0.1, 0.15) is 49.2 Å². The highest BCUT2D eigenvalue weighted by atomic mass is 16.5. The predicted octanol–water partition coefficient (Wildman–Crippen LogP) is 2.49. The first-order valence-corrected chi connectivity index (χ1v) is 6.10. The van der Waals surface area contributed by atoms with Gasteiger partial charge in [0.1, 0.15) is 0 Å². The number of ether oxygens (including phenoxy) is 1. The summed E-state index contributed by atoms with van der Waals surface area (Å²) in [5.74, 6) is 0.791. The van der Waals surface area contributed by atoms with Crippen molar-refractivity contribution in [3.05, 3.63) is 17.5 Å². The van der Waals surface area contributed by atoms with Crippen LogP contribution in [0.15, 0.2) is 6.20 Å². The molecule has 1 atom stereocenters. The summed E-state index contributed by atoms with van der Waals surface area (Å²) in [6.45, 7) is 7.82. The quantitative estimate of drug-likeness (QED) is 0.685. The van der Waals surface area contributed by atoms with Crippen molar-refractivity contribution < 1.29 is 9.53 Å². The largest absolute Gasteiger partial charge is 0.384 e. The van der Waals surface area contributed by atoms with Crippen LogP contribution in [-0.2, 0) is 11.3 Å². The Kier molecular flexibility index (Phi) is 5.35. The van der Waals surface area contributed by atoms with E-state index < -0.39 is 0 Å². The molecule has 0 saturated heterocycles. The van der Waals surface area contributed by atoms with Gasteiger partial charge in [-0.3, -0.25) is 9.48 Å². The molecule has 1 unspecified atom stereocenters. The Labute approximate surface area is 103 Å². The van der Waals surface area contributed by atoms with Crippen LogP contribution in [0.5, 0.6) is 0 Å². The smallest absolute Gasteiger partial charge is 0.153 e. The van der Waals surface area contributed by atoms with Crippen LogP contribution in [0.3, 0.4) is 0 Å². The van der Waals surface area contributed by atoms with Crippen molar-refractivity contribution in [2.45, 2.75) is 39.7 Å². The van der Waals surface area contributed by atoms with Crippen LogP contribution < -0.4 is 0 Å². The summed E-state index contributed by atoms with van der Waals surface area (Å²) in [5, 5.41) is 4.48. The Morgan fingerprint density at radius 2 is 2.18 bits per heavy atom. The maximum absolute atomic E-state index is 11.0. The van der Waals surface area contributed by atoms with Gasteiger partial charge in [0.05, 0.1) is 17.9 Å². The summed E-state index contributed by atoms with van der Waals surface area (Å²) in [7, 11) is 1.66. The van der Waals surface area contributed by atoms with Gasteiger partial charge in [0, 0.05) is 25.8 Å². The molecule has 0 bridgehead atoms. The van der Waals surface area contributed by atoms with Crippen molar-refractivity contribution in [3.8, 4) is 0 Å². The summed E-state index contributed by atoms with van der Waals surface area (Å²) >= 11 is 0. The maximum Gasteiger partial charge on any atom is 0.153 e. The van der Waals surface area contributed by atoms with Crippen molar-refractivity contribution in [1.29, 1.82) is 0 Å². The van der Waals surface area contributed by atoms with E-state index in [9.17, 15) is 4.79 Å². The van der Waals surface area contributed by atoms with Crippen molar-refractivity contribution in [3.63, 3.8) is 0 Å². The van der Waals surface area contributed by atoms with Crippen molar-refractivity contribution in [2.24, 2.45) is 5.92 Å². The molecule has 0 aliphatic rings. The minimum atomic E-state index is 0.153. The Balaban J connectivity index is 2.79. The Morgan fingerprint density at radius 1 is 1.47 bits per heavy atom. The van der Waals surface area contributed by atoms with Crippen LogP contribution in [0.4, 0.5) is 0 Å². The molecule has 0 aliphatic carbocycles. The SMILES string of the molecule is COCC(C)c1nn(CCC(C)C)cc1C=O. The fraction of sp³-hybridized carbons (Fsp3) is 0.692. The normalized spacial score (nSPS) is 13.0. The molecule has 1 aromatic rings. The van der Waals surface area contributed by atoms with Gasteiger partial charge in [-0.2, -0.15) is 5.10 Å². The van der Waals surface area contributed by atoms with E-state index in [0.29, 0.717) is 18.1 Å². The zero-order valence-electron chi connectivity index (χ0n) is 11.1. The van der Waals surface area contributed by atoms with E-state index in [1.807, 2.05) is 17.8 Å². The lowest BCUT2D eigenvalue weighted by Gasteiger charge is -2.08. The van der Waals surface area contributed by atoms with Crippen LogP contribution in [0, 0.1) is 5.92 Å². The van der Waals surface area contributed by atoms with Gasteiger partial charge >= 0.3 is 0 Å². The van der Waals surface area contributed by atoms with Crippen LogP contribution >= 0.6 is 0 Å². The van der Waals surface area contributed by atoms with Crippen LogP contribution in [0.25, 0.3) is 0 Å². The summed E-state index contributed by atoms with van der Waals surface area (Å²) in [4.78, 5) is 11.0. The fourth-order valence-electron chi connectivity index (χ4n) is 1.76. The summed E-state index contributed by atoms with van der Waals surface area (Å²) in [6.07, 6.45) is 3.77. The number of carbonyl (C=O) groups excluding carboxylic acids is 1. The third kappa shape index (κ3) is 3.97. The monoisotopic (exact) mass is 238 g/mol. The van der Waals surface area contributed by atoms with Crippen molar-refractivity contribution in [2.75, 3.05) is 13.7 Å². The van der Waals surface area contributed by atoms with Gasteiger partial charge in [-0.1, -0.05) is 20.8 Å². The summed E-state index contributed by atoms with van der Waals surface area (Å²) < 4.78 is 6.97. The number of carbonyl (C=O) groups is 1. The van der Waals surface area contributed by atoms with E-state index in [0.717, 1.165) is 24.9 Å². The third-order valence-electron chi connectivity index (χ3n) is 2.77. The topological polar surface area (TPSA) is 44.1 Å². The van der Waals surface area contributed by atoms with Gasteiger partial charge in [-0.25, -0.2) is 0 Å². The first-order chi connectivity index (χ1) is 8.08.